The summed E-state index contributed by atoms with van der Waals surface area (Å²) in [6.07, 6.45) is 2.25. The van der Waals surface area contributed by atoms with Crippen molar-refractivity contribution in [1.82, 2.24) is 14.9 Å². The van der Waals surface area contributed by atoms with Crippen molar-refractivity contribution < 1.29 is 14.4 Å². The number of carbonyl (C=O) groups is 1. The van der Waals surface area contributed by atoms with E-state index in [1.54, 1.807) is 16.4 Å². The number of amides is 1. The molecule has 3 fully saturated rings. The van der Waals surface area contributed by atoms with E-state index in [1.807, 2.05) is 5.51 Å². The lowest BCUT2D eigenvalue weighted by Crippen LogP contribution is -2.42. The lowest BCUT2D eigenvalue weighted by molar-refractivity contribution is -0.202. The first-order valence-electron chi connectivity index (χ1n) is 8.39. The fourth-order valence-electron chi connectivity index (χ4n) is 3.81. The van der Waals surface area contributed by atoms with Crippen LogP contribution in [0.2, 0.25) is 0 Å². The summed E-state index contributed by atoms with van der Waals surface area (Å²) >= 11 is 1.71. The van der Waals surface area contributed by atoms with E-state index in [2.05, 4.69) is 16.8 Å². The quantitative estimate of drug-likeness (QED) is 0.836. The van der Waals surface area contributed by atoms with E-state index in [0.29, 0.717) is 19.1 Å². The second-order valence-electron chi connectivity index (χ2n) is 6.68. The van der Waals surface area contributed by atoms with Gasteiger partial charge in [-0.3, -0.25) is 14.5 Å². The average molecular weight is 337 g/mol. The first-order valence-corrected chi connectivity index (χ1v) is 9.27. The zero-order valence-corrected chi connectivity index (χ0v) is 14.3. The Morgan fingerprint density at radius 3 is 3.09 bits per heavy atom. The number of thiazole rings is 1. The monoisotopic (exact) mass is 337 g/mol. The van der Waals surface area contributed by atoms with E-state index in [9.17, 15) is 4.79 Å². The number of carbonyl (C=O) groups excluding carboxylic acids is 1. The first kappa shape index (κ1) is 15.5. The summed E-state index contributed by atoms with van der Waals surface area (Å²) in [6, 6.07) is 0. The van der Waals surface area contributed by atoms with Crippen LogP contribution in [-0.4, -0.2) is 59.8 Å². The van der Waals surface area contributed by atoms with E-state index in [-0.39, 0.29) is 17.9 Å². The first-order chi connectivity index (χ1) is 11.2. The van der Waals surface area contributed by atoms with Crippen molar-refractivity contribution in [3.8, 4) is 0 Å². The lowest BCUT2D eigenvalue weighted by atomic mass is 9.92. The van der Waals surface area contributed by atoms with E-state index in [4.69, 9.17) is 9.57 Å². The van der Waals surface area contributed by atoms with Crippen molar-refractivity contribution in [3.05, 3.63) is 16.1 Å². The largest absolute Gasteiger partial charge is 0.376 e. The molecule has 0 N–H and O–H groups in total. The molecular formula is C16H23N3O3S. The molecule has 3 atom stereocenters. The van der Waals surface area contributed by atoms with Crippen LogP contribution in [0.5, 0.6) is 0 Å². The number of fused-ring (bicyclic) bond motifs is 1. The van der Waals surface area contributed by atoms with E-state index in [1.165, 1.54) is 4.88 Å². The number of nitrogens with zero attached hydrogens (tertiary/aromatic N) is 3. The maximum atomic E-state index is 12.7. The highest BCUT2D eigenvalue weighted by molar-refractivity contribution is 7.09. The topological polar surface area (TPSA) is 54.9 Å². The Kier molecular flexibility index (Phi) is 4.36. The maximum Gasteiger partial charge on any atom is 0.251 e. The molecule has 7 heteroatoms. The molecule has 3 saturated heterocycles. The Morgan fingerprint density at radius 1 is 1.43 bits per heavy atom. The molecule has 0 spiro atoms. The molecule has 126 valence electrons. The molecule has 4 heterocycles. The Hall–Kier alpha value is -1.02. The molecule has 4 rings (SSSR count). The molecule has 0 bridgehead atoms. The van der Waals surface area contributed by atoms with Gasteiger partial charge in [0, 0.05) is 37.0 Å². The molecular weight excluding hydrogens is 314 g/mol. The Labute approximate surface area is 140 Å². The Morgan fingerprint density at radius 2 is 2.35 bits per heavy atom. The zero-order valence-electron chi connectivity index (χ0n) is 13.4. The standard InChI is InChI=1S/C16H23N3O3S/c1-11-15(23-10-17-11)8-18-6-12-13(9-21-14(12)7-18)16(20)19-4-2-3-5-22-19/h10,12-14H,2-9H2,1H3/t12-,13+,14-/m0/s1. The van der Waals surface area contributed by atoms with Gasteiger partial charge in [-0.25, -0.2) is 10.0 Å². The Bertz CT molecular complexity index is 573. The third-order valence-corrected chi connectivity index (χ3v) is 6.09. The fraction of sp³-hybridized carbons (Fsp3) is 0.750. The summed E-state index contributed by atoms with van der Waals surface area (Å²) in [7, 11) is 0. The number of rotatable bonds is 3. The van der Waals surface area contributed by atoms with E-state index < -0.39 is 0 Å². The minimum atomic E-state index is -0.0503. The molecule has 0 saturated carbocycles. The smallest absolute Gasteiger partial charge is 0.251 e. The van der Waals surface area contributed by atoms with Crippen LogP contribution in [0.15, 0.2) is 5.51 Å². The molecule has 0 aliphatic carbocycles. The van der Waals surface area contributed by atoms with Crippen molar-refractivity contribution in [2.24, 2.45) is 11.8 Å². The molecule has 1 aromatic heterocycles. The number of ether oxygens (including phenoxy) is 1. The normalized spacial score (nSPS) is 31.5. The summed E-state index contributed by atoms with van der Waals surface area (Å²) in [5.41, 5.74) is 3.01. The second kappa shape index (κ2) is 6.47. The van der Waals surface area contributed by atoms with E-state index in [0.717, 1.165) is 44.7 Å². The van der Waals surface area contributed by atoms with Crippen molar-refractivity contribution >= 4 is 17.2 Å². The fourth-order valence-corrected chi connectivity index (χ4v) is 4.63. The van der Waals surface area contributed by atoms with Gasteiger partial charge in [-0.1, -0.05) is 0 Å². The van der Waals surface area contributed by atoms with Crippen molar-refractivity contribution in [2.75, 3.05) is 32.8 Å². The Balaban J connectivity index is 1.39. The summed E-state index contributed by atoms with van der Waals surface area (Å²) in [5.74, 6) is 0.361. The second-order valence-corrected chi connectivity index (χ2v) is 7.62. The van der Waals surface area contributed by atoms with Gasteiger partial charge in [0.2, 0.25) is 0 Å². The number of aryl methyl sites for hydroxylation is 1. The van der Waals surface area contributed by atoms with Crippen LogP contribution in [0.4, 0.5) is 0 Å². The molecule has 0 aromatic carbocycles. The van der Waals surface area contributed by atoms with Crippen molar-refractivity contribution in [3.63, 3.8) is 0 Å². The molecule has 0 unspecified atom stereocenters. The average Bonchev–Trinajstić information content (AvgIpc) is 3.25. The van der Waals surface area contributed by atoms with Crippen LogP contribution in [0.1, 0.15) is 23.4 Å². The predicted molar refractivity (Wildman–Crippen MR) is 85.7 cm³/mol. The van der Waals surface area contributed by atoms with Crippen molar-refractivity contribution in [1.29, 1.82) is 0 Å². The third kappa shape index (κ3) is 3.03. The number of aromatic nitrogens is 1. The number of hydroxylamine groups is 2. The van der Waals surface area contributed by atoms with Crippen molar-refractivity contribution in [2.45, 2.75) is 32.4 Å². The zero-order chi connectivity index (χ0) is 15.8. The highest BCUT2D eigenvalue weighted by Crippen LogP contribution is 2.36. The molecule has 3 aliphatic heterocycles. The lowest BCUT2D eigenvalue weighted by Gasteiger charge is -2.29. The van der Waals surface area contributed by atoms with E-state index >= 15 is 0 Å². The molecule has 6 nitrogen and oxygen atoms in total. The highest BCUT2D eigenvalue weighted by atomic mass is 32.1. The molecule has 23 heavy (non-hydrogen) atoms. The van der Waals surface area contributed by atoms with Crippen LogP contribution in [-0.2, 0) is 20.9 Å². The van der Waals surface area contributed by atoms with Gasteiger partial charge in [0.25, 0.3) is 5.91 Å². The highest BCUT2D eigenvalue weighted by Gasteiger charge is 2.48. The van der Waals surface area contributed by atoms with Gasteiger partial charge in [-0.05, 0) is 19.8 Å². The minimum absolute atomic E-state index is 0.0503. The maximum absolute atomic E-state index is 12.7. The van der Waals surface area contributed by atoms with Crippen LogP contribution in [0, 0.1) is 18.8 Å². The summed E-state index contributed by atoms with van der Waals surface area (Å²) in [6.45, 7) is 6.72. The number of likely N-dealkylation sites (tertiary alicyclic amines) is 1. The van der Waals surface area contributed by atoms with Gasteiger partial charge >= 0.3 is 0 Å². The predicted octanol–water partition coefficient (Wildman–Crippen LogP) is 1.45. The van der Waals surface area contributed by atoms with Gasteiger partial charge in [0.05, 0.1) is 36.4 Å². The van der Waals surface area contributed by atoms with Gasteiger partial charge in [-0.2, -0.15) is 0 Å². The number of hydrogen-bond donors (Lipinski definition) is 0. The number of hydrogen-bond acceptors (Lipinski definition) is 6. The summed E-state index contributed by atoms with van der Waals surface area (Å²) in [4.78, 5) is 26.3. The van der Waals surface area contributed by atoms with Crippen LogP contribution < -0.4 is 0 Å². The SMILES string of the molecule is Cc1ncsc1CN1C[C@@H]2[C@H](C1)OC[C@H]2C(=O)N1CCCCO1. The summed E-state index contributed by atoms with van der Waals surface area (Å²) < 4.78 is 5.92. The molecule has 1 aromatic rings. The summed E-state index contributed by atoms with van der Waals surface area (Å²) in [5, 5.41) is 1.58. The van der Waals surface area contributed by atoms with Gasteiger partial charge in [-0.15, -0.1) is 11.3 Å². The van der Waals surface area contributed by atoms with Gasteiger partial charge in [0.1, 0.15) is 0 Å². The van der Waals surface area contributed by atoms with Gasteiger partial charge < -0.3 is 4.74 Å². The van der Waals surface area contributed by atoms with Crippen LogP contribution >= 0.6 is 11.3 Å². The minimum Gasteiger partial charge on any atom is -0.376 e. The third-order valence-electron chi connectivity index (χ3n) is 5.17. The van der Waals surface area contributed by atoms with Gasteiger partial charge in [0.15, 0.2) is 0 Å². The molecule has 0 radical (unpaired) electrons. The van der Waals surface area contributed by atoms with Crippen LogP contribution in [0.3, 0.4) is 0 Å². The molecule has 3 aliphatic rings. The molecule has 1 amide bonds. The van der Waals surface area contributed by atoms with Crippen LogP contribution in [0.25, 0.3) is 0 Å².